The number of fused-ring (bicyclic) bond motifs is 1. The van der Waals surface area contributed by atoms with E-state index in [9.17, 15) is 0 Å². The van der Waals surface area contributed by atoms with Crippen LogP contribution < -0.4 is 0 Å². The SMILES string of the molecule is CCC1C(C)C2CC3CC(CC32C)C1CC(C)C(C)C. The highest BCUT2D eigenvalue weighted by atomic mass is 14.7. The zero-order valence-electron chi connectivity index (χ0n) is 14.7. The van der Waals surface area contributed by atoms with Crippen molar-refractivity contribution in [2.24, 2.45) is 52.8 Å². The summed E-state index contributed by atoms with van der Waals surface area (Å²) in [6.45, 7) is 15.1. The Bertz CT molecular complexity index is 357. The van der Waals surface area contributed by atoms with E-state index in [1.165, 1.54) is 12.8 Å². The third kappa shape index (κ3) is 2.00. The molecule has 116 valence electrons. The first-order chi connectivity index (χ1) is 9.38. The van der Waals surface area contributed by atoms with Crippen molar-refractivity contribution < 1.29 is 0 Å². The Morgan fingerprint density at radius 3 is 2.40 bits per heavy atom. The minimum atomic E-state index is 0.743. The van der Waals surface area contributed by atoms with Crippen molar-refractivity contribution in [2.45, 2.75) is 73.6 Å². The molecule has 3 fully saturated rings. The van der Waals surface area contributed by atoms with Crippen LogP contribution in [0.1, 0.15) is 73.6 Å². The third-order valence-electron chi connectivity index (χ3n) is 8.33. The number of hydrogen-bond donors (Lipinski definition) is 0. The second-order valence-electron chi connectivity index (χ2n) is 9.30. The van der Waals surface area contributed by atoms with Gasteiger partial charge in [-0.15, -0.1) is 0 Å². The van der Waals surface area contributed by atoms with Crippen LogP contribution in [-0.2, 0) is 0 Å². The Morgan fingerprint density at radius 1 is 1.10 bits per heavy atom. The lowest BCUT2D eigenvalue weighted by atomic mass is 9.50. The molecule has 0 N–H and O–H groups in total. The van der Waals surface area contributed by atoms with Crippen molar-refractivity contribution >= 4 is 0 Å². The van der Waals surface area contributed by atoms with Crippen LogP contribution in [0.25, 0.3) is 0 Å². The average Bonchev–Trinajstić information content (AvgIpc) is 2.59. The monoisotopic (exact) mass is 276 g/mol. The molecule has 3 aliphatic carbocycles. The molecule has 8 unspecified atom stereocenters. The quantitative estimate of drug-likeness (QED) is 0.589. The average molecular weight is 277 g/mol. The Balaban J connectivity index is 1.84. The third-order valence-corrected chi connectivity index (χ3v) is 8.33. The summed E-state index contributed by atoms with van der Waals surface area (Å²) < 4.78 is 0. The van der Waals surface area contributed by atoms with Gasteiger partial charge in [-0.1, -0.05) is 48.0 Å². The van der Waals surface area contributed by atoms with E-state index in [-0.39, 0.29) is 0 Å². The van der Waals surface area contributed by atoms with Gasteiger partial charge in [-0.2, -0.15) is 0 Å². The molecule has 0 aromatic carbocycles. The molecular weight excluding hydrogens is 240 g/mol. The molecule has 0 aromatic rings. The van der Waals surface area contributed by atoms with Gasteiger partial charge in [-0.25, -0.2) is 0 Å². The van der Waals surface area contributed by atoms with Crippen LogP contribution in [0, 0.1) is 52.8 Å². The lowest BCUT2D eigenvalue weighted by molar-refractivity contribution is -0.0657. The van der Waals surface area contributed by atoms with Gasteiger partial charge in [0.15, 0.2) is 0 Å². The summed E-state index contributed by atoms with van der Waals surface area (Å²) in [5, 5.41) is 0. The fraction of sp³-hybridized carbons (Fsp3) is 1.00. The molecule has 0 heteroatoms. The molecule has 0 aliphatic heterocycles. The highest BCUT2D eigenvalue weighted by Crippen LogP contribution is 2.70. The van der Waals surface area contributed by atoms with Gasteiger partial charge >= 0.3 is 0 Å². The fourth-order valence-corrected chi connectivity index (χ4v) is 6.61. The normalized spacial score (nSPS) is 51.8. The second kappa shape index (κ2) is 5.03. The fourth-order valence-electron chi connectivity index (χ4n) is 6.61. The summed E-state index contributed by atoms with van der Waals surface area (Å²) in [5.74, 6) is 7.99. The van der Waals surface area contributed by atoms with Gasteiger partial charge in [-0.3, -0.25) is 0 Å². The molecule has 8 atom stereocenters. The topological polar surface area (TPSA) is 0 Å². The molecule has 3 rings (SSSR count). The van der Waals surface area contributed by atoms with Gasteiger partial charge in [-0.05, 0) is 78.4 Å². The van der Waals surface area contributed by atoms with E-state index in [4.69, 9.17) is 0 Å². The molecule has 3 aliphatic rings. The molecule has 0 saturated heterocycles. The number of hydrogen-bond acceptors (Lipinski definition) is 0. The molecule has 2 bridgehead atoms. The molecule has 20 heavy (non-hydrogen) atoms. The maximum absolute atomic E-state index is 2.64. The summed E-state index contributed by atoms with van der Waals surface area (Å²) in [6, 6.07) is 0. The summed E-state index contributed by atoms with van der Waals surface area (Å²) in [4.78, 5) is 0. The standard InChI is InChI=1S/C20H36/c1-7-17-14(5)19-10-16-9-15(11-20(16,19)6)18(17)8-13(4)12(2)3/h12-19H,7-11H2,1-6H3. The number of rotatable bonds is 4. The largest absolute Gasteiger partial charge is 0.0651 e. The maximum atomic E-state index is 2.64. The first-order valence-corrected chi connectivity index (χ1v) is 9.38. The smallest absolute Gasteiger partial charge is 0.0264 e. The molecular formula is C20H36. The van der Waals surface area contributed by atoms with Crippen LogP contribution in [0.4, 0.5) is 0 Å². The van der Waals surface area contributed by atoms with Crippen LogP contribution in [0.2, 0.25) is 0 Å². The molecule has 0 heterocycles. The van der Waals surface area contributed by atoms with Crippen molar-refractivity contribution in [3.8, 4) is 0 Å². The minimum Gasteiger partial charge on any atom is -0.0651 e. The minimum absolute atomic E-state index is 0.743. The molecule has 0 aromatic heterocycles. The van der Waals surface area contributed by atoms with Gasteiger partial charge in [0.25, 0.3) is 0 Å². The van der Waals surface area contributed by atoms with Crippen molar-refractivity contribution in [3.63, 3.8) is 0 Å². The van der Waals surface area contributed by atoms with E-state index < -0.39 is 0 Å². The highest BCUT2D eigenvalue weighted by molar-refractivity contribution is 5.11. The first-order valence-electron chi connectivity index (χ1n) is 9.38. The summed E-state index contributed by atoms with van der Waals surface area (Å²) in [7, 11) is 0. The van der Waals surface area contributed by atoms with E-state index >= 15 is 0 Å². The summed E-state index contributed by atoms with van der Waals surface area (Å²) >= 11 is 0. The Labute approximate surface area is 127 Å². The Kier molecular flexibility index (Phi) is 3.75. The summed E-state index contributed by atoms with van der Waals surface area (Å²) in [5.41, 5.74) is 0.743. The van der Waals surface area contributed by atoms with E-state index in [2.05, 4.69) is 41.5 Å². The van der Waals surface area contributed by atoms with E-state index in [0.29, 0.717) is 0 Å². The zero-order valence-corrected chi connectivity index (χ0v) is 14.7. The van der Waals surface area contributed by atoms with E-state index in [1.54, 1.807) is 19.3 Å². The van der Waals surface area contributed by atoms with Crippen LogP contribution in [0.3, 0.4) is 0 Å². The van der Waals surface area contributed by atoms with Gasteiger partial charge in [0.1, 0.15) is 0 Å². The van der Waals surface area contributed by atoms with E-state index in [0.717, 1.165) is 52.8 Å². The van der Waals surface area contributed by atoms with Crippen molar-refractivity contribution in [1.29, 1.82) is 0 Å². The Hall–Kier alpha value is 0. The molecule has 0 nitrogen and oxygen atoms in total. The van der Waals surface area contributed by atoms with Gasteiger partial charge in [0.2, 0.25) is 0 Å². The van der Waals surface area contributed by atoms with Crippen LogP contribution in [0.15, 0.2) is 0 Å². The predicted molar refractivity (Wildman–Crippen MR) is 87.5 cm³/mol. The van der Waals surface area contributed by atoms with Crippen molar-refractivity contribution in [2.75, 3.05) is 0 Å². The van der Waals surface area contributed by atoms with Crippen LogP contribution >= 0.6 is 0 Å². The first kappa shape index (κ1) is 14.9. The van der Waals surface area contributed by atoms with Crippen LogP contribution in [-0.4, -0.2) is 0 Å². The van der Waals surface area contributed by atoms with Crippen molar-refractivity contribution in [3.05, 3.63) is 0 Å². The molecule has 0 spiro atoms. The van der Waals surface area contributed by atoms with Crippen LogP contribution in [0.5, 0.6) is 0 Å². The Morgan fingerprint density at radius 2 is 1.80 bits per heavy atom. The van der Waals surface area contributed by atoms with Gasteiger partial charge in [0.05, 0.1) is 0 Å². The lowest BCUT2D eigenvalue weighted by Gasteiger charge is -2.55. The molecule has 3 saturated carbocycles. The molecule has 0 amide bonds. The van der Waals surface area contributed by atoms with Gasteiger partial charge < -0.3 is 0 Å². The maximum Gasteiger partial charge on any atom is -0.0264 e. The zero-order chi connectivity index (χ0) is 14.7. The summed E-state index contributed by atoms with van der Waals surface area (Å²) in [6.07, 6.45) is 7.63. The lowest BCUT2D eigenvalue weighted by Crippen LogP contribution is -2.48. The predicted octanol–water partition coefficient (Wildman–Crippen LogP) is 6.01. The molecule has 0 radical (unpaired) electrons. The van der Waals surface area contributed by atoms with E-state index in [1.807, 2.05) is 0 Å². The second-order valence-corrected chi connectivity index (χ2v) is 9.30. The van der Waals surface area contributed by atoms with Gasteiger partial charge in [0, 0.05) is 0 Å². The highest BCUT2D eigenvalue weighted by Gasteiger charge is 2.62. The van der Waals surface area contributed by atoms with Crippen molar-refractivity contribution in [1.82, 2.24) is 0 Å².